The predicted octanol–water partition coefficient (Wildman–Crippen LogP) is 3.40. The van der Waals surface area contributed by atoms with E-state index >= 15 is 0 Å². The number of carbonyl (C=O) groups excluding carboxylic acids is 2. The first-order valence-electron chi connectivity index (χ1n) is 6.32. The summed E-state index contributed by atoms with van der Waals surface area (Å²) >= 11 is 12.1. The van der Waals surface area contributed by atoms with Crippen LogP contribution in [-0.2, 0) is 19.1 Å². The fourth-order valence-electron chi connectivity index (χ4n) is 1.31. The number of carbonyl (C=O) groups is 2. The van der Waals surface area contributed by atoms with E-state index in [0.717, 1.165) is 12.8 Å². The third-order valence-electron chi connectivity index (χ3n) is 2.27. The van der Waals surface area contributed by atoms with E-state index in [2.05, 4.69) is 0 Å². The van der Waals surface area contributed by atoms with Crippen LogP contribution in [0.25, 0.3) is 0 Å². The van der Waals surface area contributed by atoms with Crippen LogP contribution in [0.1, 0.15) is 40.0 Å². The third kappa shape index (κ3) is 5.83. The molecule has 0 aromatic heterocycles. The summed E-state index contributed by atoms with van der Waals surface area (Å²) < 4.78 is 9.61. The highest BCUT2D eigenvalue weighted by molar-refractivity contribution is 6.47. The summed E-state index contributed by atoms with van der Waals surface area (Å²) in [5, 5.41) is 0.345. The Morgan fingerprint density at radius 1 is 1.11 bits per heavy atom. The zero-order valence-corrected chi connectivity index (χ0v) is 13.0. The van der Waals surface area contributed by atoms with Gasteiger partial charge in [-0.3, -0.25) is 0 Å². The summed E-state index contributed by atoms with van der Waals surface area (Å²) in [6.07, 6.45) is 3.54. The molecule has 0 saturated carbocycles. The molecule has 0 amide bonds. The van der Waals surface area contributed by atoms with E-state index in [4.69, 9.17) is 32.7 Å². The number of rotatable bonds is 8. The Hall–Kier alpha value is -0.740. The predicted molar refractivity (Wildman–Crippen MR) is 75.3 cm³/mol. The van der Waals surface area contributed by atoms with Crippen molar-refractivity contribution in [3.8, 4) is 0 Å². The fourth-order valence-corrected chi connectivity index (χ4v) is 1.90. The average molecular weight is 311 g/mol. The van der Waals surface area contributed by atoms with Crippen LogP contribution >= 0.6 is 23.2 Å². The number of esters is 2. The van der Waals surface area contributed by atoms with Gasteiger partial charge in [0.15, 0.2) is 0 Å². The van der Waals surface area contributed by atoms with Gasteiger partial charge in [-0.25, -0.2) is 9.59 Å². The molecule has 0 N–H and O–H groups in total. The molecule has 0 aliphatic heterocycles. The van der Waals surface area contributed by atoms with Crippen LogP contribution in [0.15, 0.2) is 11.1 Å². The monoisotopic (exact) mass is 310 g/mol. The van der Waals surface area contributed by atoms with Gasteiger partial charge in [0, 0.05) is 5.03 Å². The van der Waals surface area contributed by atoms with Gasteiger partial charge < -0.3 is 9.47 Å². The summed E-state index contributed by atoms with van der Waals surface area (Å²) in [6.45, 7) is 5.50. The molecule has 0 heterocycles. The second kappa shape index (κ2) is 9.21. The van der Waals surface area contributed by atoms with Gasteiger partial charge >= 0.3 is 11.9 Å². The lowest BCUT2D eigenvalue weighted by molar-refractivity contribution is -0.156. The lowest BCUT2D eigenvalue weighted by Gasteiger charge is -2.19. The molecule has 0 bridgehead atoms. The molecule has 110 valence electrons. The van der Waals surface area contributed by atoms with E-state index < -0.39 is 16.8 Å². The maximum absolute atomic E-state index is 11.8. The van der Waals surface area contributed by atoms with Crippen LogP contribution < -0.4 is 0 Å². The molecule has 0 saturated heterocycles. The molecule has 0 aliphatic rings. The number of hydrogen-bond acceptors (Lipinski definition) is 4. The van der Waals surface area contributed by atoms with E-state index in [1.807, 2.05) is 6.92 Å². The SMILES string of the molecule is CCCC/C(Cl)=C\C(Cl)(C(=O)OCC)C(=O)OCC. The number of unbranched alkanes of at least 4 members (excludes halogenated alkanes) is 1. The van der Waals surface area contributed by atoms with Gasteiger partial charge in [-0.2, -0.15) is 0 Å². The summed E-state index contributed by atoms with van der Waals surface area (Å²) in [7, 11) is 0. The van der Waals surface area contributed by atoms with E-state index in [-0.39, 0.29) is 13.2 Å². The highest BCUT2D eigenvalue weighted by atomic mass is 35.5. The van der Waals surface area contributed by atoms with E-state index in [1.54, 1.807) is 13.8 Å². The normalized spacial score (nSPS) is 12.2. The third-order valence-corrected chi connectivity index (χ3v) is 2.99. The van der Waals surface area contributed by atoms with Gasteiger partial charge in [0.2, 0.25) is 0 Å². The van der Waals surface area contributed by atoms with Crippen molar-refractivity contribution in [1.82, 2.24) is 0 Å². The number of ether oxygens (including phenoxy) is 2. The largest absolute Gasteiger partial charge is 0.464 e. The molecular weight excluding hydrogens is 291 g/mol. The molecule has 0 fully saturated rings. The van der Waals surface area contributed by atoms with E-state index in [9.17, 15) is 9.59 Å². The Kier molecular flexibility index (Phi) is 8.85. The molecule has 6 heteroatoms. The van der Waals surface area contributed by atoms with Crippen molar-refractivity contribution < 1.29 is 19.1 Å². The molecule has 0 unspecified atom stereocenters. The number of allylic oxidation sites excluding steroid dienone is 1. The molecule has 0 radical (unpaired) electrons. The molecule has 0 rings (SSSR count). The quantitative estimate of drug-likeness (QED) is 0.392. The van der Waals surface area contributed by atoms with Crippen molar-refractivity contribution in [2.75, 3.05) is 13.2 Å². The van der Waals surface area contributed by atoms with Crippen LogP contribution in [0.3, 0.4) is 0 Å². The van der Waals surface area contributed by atoms with Crippen LogP contribution in [0.5, 0.6) is 0 Å². The van der Waals surface area contributed by atoms with Gasteiger partial charge in [-0.05, 0) is 32.8 Å². The summed E-state index contributed by atoms with van der Waals surface area (Å²) in [6, 6.07) is 0. The smallest absolute Gasteiger partial charge is 0.342 e. The Morgan fingerprint density at radius 3 is 1.95 bits per heavy atom. The van der Waals surface area contributed by atoms with Gasteiger partial charge in [0.25, 0.3) is 4.87 Å². The van der Waals surface area contributed by atoms with Crippen LogP contribution in [0.2, 0.25) is 0 Å². The molecule has 0 aliphatic carbocycles. The first kappa shape index (κ1) is 18.3. The minimum Gasteiger partial charge on any atom is -0.464 e. The topological polar surface area (TPSA) is 52.6 Å². The maximum Gasteiger partial charge on any atom is 0.342 e. The average Bonchev–Trinajstić information content (AvgIpc) is 2.36. The van der Waals surface area contributed by atoms with Gasteiger partial charge in [0.05, 0.1) is 13.2 Å². The van der Waals surface area contributed by atoms with Gasteiger partial charge in [-0.15, -0.1) is 0 Å². The number of alkyl halides is 1. The molecular formula is C13H20Cl2O4. The number of hydrogen-bond donors (Lipinski definition) is 0. The second-order valence-electron chi connectivity index (χ2n) is 3.85. The zero-order chi connectivity index (χ0) is 14.9. The van der Waals surface area contributed by atoms with E-state index in [1.165, 1.54) is 6.08 Å². The van der Waals surface area contributed by atoms with Gasteiger partial charge in [0.1, 0.15) is 0 Å². The lowest BCUT2D eigenvalue weighted by atomic mass is 10.1. The van der Waals surface area contributed by atoms with Crippen LogP contribution in [-0.4, -0.2) is 30.0 Å². The Balaban J connectivity index is 5.15. The molecule has 0 aromatic rings. The standard InChI is InChI=1S/C13H20Cl2O4/c1-4-7-8-10(14)9-13(15,11(16)18-5-2)12(17)19-6-3/h9H,4-8H2,1-3H3/b10-9+. The first-order chi connectivity index (χ1) is 8.92. The van der Waals surface area contributed by atoms with E-state index in [0.29, 0.717) is 11.5 Å². The van der Waals surface area contributed by atoms with Crippen molar-refractivity contribution in [3.05, 3.63) is 11.1 Å². The minimum atomic E-state index is -2.00. The highest BCUT2D eigenvalue weighted by Crippen LogP contribution is 2.26. The Bertz CT molecular complexity index is 322. The van der Waals surface area contributed by atoms with Gasteiger partial charge in [-0.1, -0.05) is 36.5 Å². The summed E-state index contributed by atoms with van der Waals surface area (Å²) in [5.74, 6) is -1.74. The maximum atomic E-state index is 11.8. The second-order valence-corrected chi connectivity index (χ2v) is 4.93. The molecule has 0 aromatic carbocycles. The van der Waals surface area contributed by atoms with Crippen LogP contribution in [0, 0.1) is 0 Å². The number of halogens is 2. The van der Waals surface area contributed by atoms with Crippen LogP contribution in [0.4, 0.5) is 0 Å². The minimum absolute atomic E-state index is 0.118. The fraction of sp³-hybridized carbons (Fsp3) is 0.692. The highest BCUT2D eigenvalue weighted by Gasteiger charge is 2.45. The molecule has 4 nitrogen and oxygen atoms in total. The Morgan fingerprint density at radius 2 is 1.58 bits per heavy atom. The van der Waals surface area contributed by atoms with Crippen molar-refractivity contribution in [3.63, 3.8) is 0 Å². The molecule has 0 spiro atoms. The Labute approximate surface area is 124 Å². The molecule has 0 atom stereocenters. The summed E-state index contributed by atoms with van der Waals surface area (Å²) in [4.78, 5) is 21.7. The molecule has 19 heavy (non-hydrogen) atoms. The van der Waals surface area contributed by atoms with Crippen molar-refractivity contribution in [2.24, 2.45) is 0 Å². The first-order valence-corrected chi connectivity index (χ1v) is 7.08. The van der Waals surface area contributed by atoms with Crippen molar-refractivity contribution >= 4 is 35.1 Å². The van der Waals surface area contributed by atoms with Crippen molar-refractivity contribution in [2.45, 2.75) is 44.9 Å². The summed E-state index contributed by atoms with van der Waals surface area (Å²) in [5.41, 5.74) is 0. The zero-order valence-electron chi connectivity index (χ0n) is 11.5. The van der Waals surface area contributed by atoms with Crippen molar-refractivity contribution in [1.29, 1.82) is 0 Å². The lowest BCUT2D eigenvalue weighted by Crippen LogP contribution is -2.42.